The second kappa shape index (κ2) is 3.13. The van der Waals surface area contributed by atoms with Crippen LogP contribution in [-0.4, -0.2) is 5.11 Å². The Bertz CT molecular complexity index is 49.5. The standard InChI is InChI=1S/CH4N2O2S/c4-2-1(6)3-5/h2-3H2. The van der Waals surface area contributed by atoms with Crippen LogP contribution in [0.1, 0.15) is 0 Å². The lowest BCUT2D eigenvalue weighted by molar-refractivity contribution is -0.611. The Labute approximate surface area is 39.7 Å². The van der Waals surface area contributed by atoms with Crippen LogP contribution in [-0.2, 0) is 0 Å². The van der Waals surface area contributed by atoms with Crippen LogP contribution in [0.4, 0.5) is 0 Å². The van der Waals surface area contributed by atoms with Crippen molar-refractivity contribution in [3.8, 4) is 0 Å². The molecule has 0 unspecified atom stereocenters. The van der Waals surface area contributed by atoms with E-state index in [1.165, 1.54) is 0 Å². The summed E-state index contributed by atoms with van der Waals surface area (Å²) in [6.07, 6.45) is 0. The third kappa shape index (κ3) is 2.18. The first kappa shape index (κ1) is 5.93. The molecule has 0 spiro atoms. The van der Waals surface area contributed by atoms with E-state index in [0.29, 0.717) is 11.0 Å². The van der Waals surface area contributed by atoms with Crippen molar-refractivity contribution in [3.05, 3.63) is 10.4 Å². The molecule has 4 N–H and O–H groups in total. The number of hydrogen-bond acceptors (Lipinski definition) is 3. The first-order chi connectivity index (χ1) is 2.81. The molecular weight excluding hydrogens is 104 g/mol. The van der Waals surface area contributed by atoms with Crippen LogP contribution in [0.15, 0.2) is 0 Å². The Hall–Kier alpha value is -0.0700. The van der Waals surface area contributed by atoms with Crippen LogP contribution in [0.2, 0.25) is 0 Å². The molecule has 0 aliphatic heterocycles. The van der Waals surface area contributed by atoms with Crippen LogP contribution in [0.5, 0.6) is 0 Å². The largest absolute Gasteiger partial charge is 0.626 e. The third-order valence-corrected chi connectivity index (χ3v) is 0.425. The molecule has 5 heteroatoms. The van der Waals surface area contributed by atoms with Gasteiger partial charge < -0.3 is 10.4 Å². The summed E-state index contributed by atoms with van der Waals surface area (Å²) in [6.45, 7) is 0. The highest BCUT2D eigenvalue weighted by atomic mass is 32.1. The average Bonchev–Trinajstić information content (AvgIpc) is 1.65. The van der Waals surface area contributed by atoms with E-state index in [1.807, 2.05) is 0 Å². The van der Waals surface area contributed by atoms with Gasteiger partial charge in [0.25, 0.3) is 0 Å². The monoisotopic (exact) mass is 108 g/mol. The first-order valence-electron chi connectivity index (χ1n) is 1.25. The molecular formula is CH4N2O2S. The molecule has 6 heavy (non-hydrogen) atoms. The van der Waals surface area contributed by atoms with Gasteiger partial charge in [0.05, 0.1) is 12.2 Å². The Morgan fingerprint density at radius 2 is 1.67 bits per heavy atom. The minimum atomic E-state index is -0.185. The molecule has 0 aromatic heterocycles. The topological polar surface area (TPSA) is 79.3 Å². The summed E-state index contributed by atoms with van der Waals surface area (Å²) in [5, 5.41) is 18.5. The SMILES string of the molecule is [O-][NH2+]C(=S)[NH2+][O-]. The lowest BCUT2D eigenvalue weighted by Gasteiger charge is -1.98. The second-order valence-electron chi connectivity index (χ2n) is 0.638. The summed E-state index contributed by atoms with van der Waals surface area (Å²) < 4.78 is 0. The summed E-state index contributed by atoms with van der Waals surface area (Å²) in [5.41, 5.74) is 0.671. The summed E-state index contributed by atoms with van der Waals surface area (Å²) in [6, 6.07) is 0. The minimum Gasteiger partial charge on any atom is -0.626 e. The smallest absolute Gasteiger partial charge is 0.357 e. The molecule has 0 heterocycles. The molecule has 0 radical (unpaired) electrons. The number of rotatable bonds is 0. The van der Waals surface area contributed by atoms with Gasteiger partial charge in [-0.15, -0.1) is 0 Å². The van der Waals surface area contributed by atoms with E-state index in [-0.39, 0.29) is 5.11 Å². The molecule has 0 aliphatic rings. The fourth-order valence-corrected chi connectivity index (χ4v) is 0.0278. The number of quaternary nitrogens is 2. The highest BCUT2D eigenvalue weighted by molar-refractivity contribution is 7.79. The van der Waals surface area contributed by atoms with Crippen molar-refractivity contribution in [1.82, 2.24) is 0 Å². The maximum atomic E-state index is 9.36. The van der Waals surface area contributed by atoms with E-state index in [0.717, 1.165) is 0 Å². The molecule has 0 rings (SSSR count). The van der Waals surface area contributed by atoms with Crippen molar-refractivity contribution < 1.29 is 11.0 Å². The van der Waals surface area contributed by atoms with Crippen molar-refractivity contribution in [2.75, 3.05) is 0 Å². The van der Waals surface area contributed by atoms with Crippen molar-refractivity contribution >= 4 is 17.3 Å². The second-order valence-corrected chi connectivity index (χ2v) is 1.11. The molecule has 0 aromatic rings. The van der Waals surface area contributed by atoms with E-state index in [4.69, 9.17) is 0 Å². The van der Waals surface area contributed by atoms with Gasteiger partial charge in [-0.25, -0.2) is 0 Å². The molecule has 0 saturated heterocycles. The van der Waals surface area contributed by atoms with E-state index < -0.39 is 0 Å². The Balaban J connectivity index is 2.99. The number of hydrogen-bond donors (Lipinski definition) is 2. The van der Waals surface area contributed by atoms with Crippen molar-refractivity contribution in [2.45, 2.75) is 0 Å². The van der Waals surface area contributed by atoms with Gasteiger partial charge in [-0.2, -0.15) is 0 Å². The van der Waals surface area contributed by atoms with Crippen LogP contribution in [0.25, 0.3) is 0 Å². The van der Waals surface area contributed by atoms with Crippen LogP contribution < -0.4 is 11.0 Å². The van der Waals surface area contributed by atoms with Gasteiger partial charge in [0.15, 0.2) is 0 Å². The maximum absolute atomic E-state index is 9.36. The molecule has 0 saturated carbocycles. The minimum absolute atomic E-state index is 0.185. The van der Waals surface area contributed by atoms with Gasteiger partial charge in [0.1, 0.15) is 0 Å². The zero-order valence-corrected chi connectivity index (χ0v) is 3.70. The summed E-state index contributed by atoms with van der Waals surface area (Å²) in [5.74, 6) is 0. The highest BCUT2D eigenvalue weighted by Gasteiger charge is 1.82. The van der Waals surface area contributed by atoms with Crippen LogP contribution in [0.3, 0.4) is 0 Å². The maximum Gasteiger partial charge on any atom is 0.357 e. The van der Waals surface area contributed by atoms with E-state index in [1.54, 1.807) is 0 Å². The molecule has 0 atom stereocenters. The van der Waals surface area contributed by atoms with Crippen LogP contribution >= 0.6 is 12.2 Å². The van der Waals surface area contributed by atoms with Crippen LogP contribution in [0, 0.1) is 10.4 Å². The third-order valence-electron chi connectivity index (χ3n) is 0.232. The fourth-order valence-electron chi connectivity index (χ4n) is 0.0278. The molecule has 0 bridgehead atoms. The average molecular weight is 108 g/mol. The molecule has 0 aromatic carbocycles. The predicted octanol–water partition coefficient (Wildman–Crippen LogP) is -2.61. The summed E-state index contributed by atoms with van der Waals surface area (Å²) in [7, 11) is 0. The number of hydroxylamine groups is 2. The molecule has 0 fully saturated rings. The lowest BCUT2D eigenvalue weighted by atomic mass is 11.2. The normalized spacial score (nSPS) is 8.33. The van der Waals surface area contributed by atoms with Crippen molar-refractivity contribution in [3.63, 3.8) is 0 Å². The summed E-state index contributed by atoms with van der Waals surface area (Å²) in [4.78, 5) is 0. The lowest BCUT2D eigenvalue weighted by Crippen LogP contribution is -3.04. The van der Waals surface area contributed by atoms with E-state index in [9.17, 15) is 10.4 Å². The van der Waals surface area contributed by atoms with Gasteiger partial charge in [0.2, 0.25) is 0 Å². The highest BCUT2D eigenvalue weighted by Crippen LogP contribution is 1.30. The van der Waals surface area contributed by atoms with Gasteiger partial charge in [0, 0.05) is 0 Å². The van der Waals surface area contributed by atoms with E-state index in [2.05, 4.69) is 12.2 Å². The van der Waals surface area contributed by atoms with E-state index >= 15 is 0 Å². The molecule has 4 nitrogen and oxygen atoms in total. The summed E-state index contributed by atoms with van der Waals surface area (Å²) >= 11 is 4.12. The fraction of sp³-hybridized carbons (Fsp3) is 0. The zero-order chi connectivity index (χ0) is 4.99. The Kier molecular flexibility index (Phi) is 3.10. The number of thiocarbonyl (C=S) groups is 1. The van der Waals surface area contributed by atoms with Crippen molar-refractivity contribution in [1.29, 1.82) is 0 Å². The Morgan fingerprint density at radius 1 is 1.33 bits per heavy atom. The quantitative estimate of drug-likeness (QED) is 0.263. The first-order valence-corrected chi connectivity index (χ1v) is 1.66. The number of nitrogens with two attached hydrogens (primary N) is 2. The van der Waals surface area contributed by atoms with Gasteiger partial charge in [-0.3, -0.25) is 11.0 Å². The van der Waals surface area contributed by atoms with Gasteiger partial charge >= 0.3 is 5.11 Å². The Morgan fingerprint density at radius 3 is 1.67 bits per heavy atom. The van der Waals surface area contributed by atoms with Gasteiger partial charge in [-0.1, -0.05) is 0 Å². The van der Waals surface area contributed by atoms with Gasteiger partial charge in [-0.05, 0) is 0 Å². The molecule has 0 amide bonds. The molecule has 36 valence electrons. The zero-order valence-electron chi connectivity index (χ0n) is 2.88. The predicted molar refractivity (Wildman–Crippen MR) is 23.2 cm³/mol. The molecule has 0 aliphatic carbocycles. The van der Waals surface area contributed by atoms with Crippen molar-refractivity contribution in [2.24, 2.45) is 0 Å².